The minimum atomic E-state index is 1.17. The minimum absolute atomic E-state index is 1.17. The van der Waals surface area contributed by atoms with Crippen molar-refractivity contribution in [1.29, 1.82) is 0 Å². The van der Waals surface area contributed by atoms with Gasteiger partial charge in [0.2, 0.25) is 0 Å². The van der Waals surface area contributed by atoms with E-state index in [2.05, 4.69) is 215 Å². The molecule has 12 rings (SSSR count). The van der Waals surface area contributed by atoms with Crippen molar-refractivity contribution in [3.8, 4) is 33.6 Å². The molecule has 0 unspecified atom stereocenters. The Labute approximate surface area is 323 Å². The number of para-hydroxylation sites is 3. The van der Waals surface area contributed by atoms with Crippen LogP contribution >= 0.6 is 0 Å². The Morgan fingerprint density at radius 3 is 1.25 bits per heavy atom. The third-order valence-corrected chi connectivity index (χ3v) is 11.9. The summed E-state index contributed by atoms with van der Waals surface area (Å²) in [4.78, 5) is 0. The van der Waals surface area contributed by atoms with Crippen LogP contribution in [0.4, 0.5) is 0 Å². The lowest BCUT2D eigenvalue weighted by atomic mass is 9.94. The van der Waals surface area contributed by atoms with E-state index in [9.17, 15) is 0 Å². The van der Waals surface area contributed by atoms with Crippen LogP contribution in [0.15, 0.2) is 206 Å². The molecule has 12 aromatic rings. The van der Waals surface area contributed by atoms with Gasteiger partial charge in [-0.3, -0.25) is 0 Å². The number of hydrogen-bond acceptors (Lipinski definition) is 0. The third-order valence-electron chi connectivity index (χ3n) is 11.9. The van der Waals surface area contributed by atoms with Crippen molar-refractivity contribution in [3.63, 3.8) is 0 Å². The molecule has 2 heterocycles. The number of benzene rings is 10. The van der Waals surface area contributed by atoms with Crippen molar-refractivity contribution in [2.24, 2.45) is 0 Å². The molecule has 0 radical (unpaired) electrons. The van der Waals surface area contributed by atoms with E-state index in [1.54, 1.807) is 0 Å². The summed E-state index contributed by atoms with van der Waals surface area (Å²) >= 11 is 0. The van der Waals surface area contributed by atoms with Crippen LogP contribution in [0.2, 0.25) is 0 Å². The van der Waals surface area contributed by atoms with Crippen molar-refractivity contribution >= 4 is 75.9 Å². The molecule has 0 saturated carbocycles. The zero-order valence-corrected chi connectivity index (χ0v) is 30.5. The lowest BCUT2D eigenvalue weighted by molar-refractivity contribution is 1.18. The second-order valence-electron chi connectivity index (χ2n) is 14.9. The first-order valence-corrected chi connectivity index (χ1v) is 19.3. The summed E-state index contributed by atoms with van der Waals surface area (Å²) in [5, 5.41) is 12.8. The summed E-state index contributed by atoms with van der Waals surface area (Å²) in [5.41, 5.74) is 12.0. The van der Waals surface area contributed by atoms with Gasteiger partial charge < -0.3 is 9.13 Å². The Hall–Kier alpha value is -7.42. The van der Waals surface area contributed by atoms with E-state index >= 15 is 0 Å². The third kappa shape index (κ3) is 4.57. The molecular formula is C54H34N2. The topological polar surface area (TPSA) is 9.86 Å². The van der Waals surface area contributed by atoms with Crippen molar-refractivity contribution < 1.29 is 0 Å². The van der Waals surface area contributed by atoms with Crippen LogP contribution in [-0.4, -0.2) is 9.13 Å². The first-order chi connectivity index (χ1) is 27.8. The standard InChI is InChI=1S/C54H34N2/c1-2-12-39(13-3-1)55-51-20-10-8-18-46(51)48-29-26-38(33-54(48)55)36-24-22-35(23-25-36)37-27-31-53-50(32-37)47-19-9-11-21-52(47)56(53)40-28-30-45-43-16-5-4-14-41(43)42-15-6-7-17-44(42)49(45)34-40/h1-34H. The Kier molecular flexibility index (Phi) is 6.66. The molecule has 0 saturated heterocycles. The summed E-state index contributed by atoms with van der Waals surface area (Å²) in [5.74, 6) is 0. The van der Waals surface area contributed by atoms with E-state index < -0.39 is 0 Å². The smallest absolute Gasteiger partial charge is 0.0547 e. The molecule has 2 aromatic heterocycles. The second-order valence-corrected chi connectivity index (χ2v) is 14.9. The average molecular weight is 711 g/mol. The highest BCUT2D eigenvalue weighted by molar-refractivity contribution is 6.25. The summed E-state index contributed by atoms with van der Waals surface area (Å²) in [6.45, 7) is 0. The molecule has 0 aliphatic heterocycles. The van der Waals surface area contributed by atoms with Gasteiger partial charge in [0, 0.05) is 32.9 Å². The van der Waals surface area contributed by atoms with Crippen LogP contribution in [0, 0.1) is 0 Å². The van der Waals surface area contributed by atoms with Crippen LogP contribution in [-0.2, 0) is 0 Å². The van der Waals surface area contributed by atoms with Crippen molar-refractivity contribution in [2.45, 2.75) is 0 Å². The highest BCUT2D eigenvalue weighted by atomic mass is 15.0. The highest BCUT2D eigenvalue weighted by Gasteiger charge is 2.17. The average Bonchev–Trinajstić information content (AvgIpc) is 3.79. The van der Waals surface area contributed by atoms with Gasteiger partial charge in [-0.2, -0.15) is 0 Å². The first kappa shape index (κ1) is 31.0. The van der Waals surface area contributed by atoms with E-state index in [-0.39, 0.29) is 0 Å². The Balaban J connectivity index is 0.964. The van der Waals surface area contributed by atoms with Crippen LogP contribution in [0.25, 0.3) is 110 Å². The highest BCUT2D eigenvalue weighted by Crippen LogP contribution is 2.40. The molecular weight excluding hydrogens is 677 g/mol. The molecule has 0 spiro atoms. The molecule has 0 bridgehead atoms. The van der Waals surface area contributed by atoms with Gasteiger partial charge in [-0.1, -0.05) is 152 Å². The van der Waals surface area contributed by atoms with Gasteiger partial charge in [0.15, 0.2) is 0 Å². The van der Waals surface area contributed by atoms with Crippen molar-refractivity contribution in [2.75, 3.05) is 0 Å². The number of aromatic nitrogens is 2. The SMILES string of the molecule is c1ccc(-n2c3ccccc3c3ccc(-c4ccc(-c5ccc6c(c5)c5ccccc5n6-c5ccc6c7ccccc7c7ccccc7c6c5)cc4)cc32)cc1. The van der Waals surface area contributed by atoms with Crippen LogP contribution < -0.4 is 0 Å². The lowest BCUT2D eigenvalue weighted by Gasteiger charge is -2.14. The van der Waals surface area contributed by atoms with Gasteiger partial charge >= 0.3 is 0 Å². The molecule has 0 N–H and O–H groups in total. The fourth-order valence-corrected chi connectivity index (χ4v) is 9.33. The largest absolute Gasteiger partial charge is 0.309 e. The molecule has 260 valence electrons. The minimum Gasteiger partial charge on any atom is -0.309 e. The summed E-state index contributed by atoms with van der Waals surface area (Å²) in [6, 6.07) is 75.7. The zero-order valence-electron chi connectivity index (χ0n) is 30.5. The van der Waals surface area contributed by atoms with Crippen molar-refractivity contribution in [1.82, 2.24) is 9.13 Å². The molecule has 10 aromatic carbocycles. The van der Waals surface area contributed by atoms with E-state index in [0.717, 1.165) is 0 Å². The number of fused-ring (bicyclic) bond motifs is 12. The van der Waals surface area contributed by atoms with Gasteiger partial charge in [0.25, 0.3) is 0 Å². The van der Waals surface area contributed by atoms with Gasteiger partial charge in [-0.15, -0.1) is 0 Å². The van der Waals surface area contributed by atoms with Gasteiger partial charge in [0.05, 0.1) is 22.1 Å². The fraction of sp³-hybridized carbons (Fsp3) is 0. The maximum Gasteiger partial charge on any atom is 0.0547 e. The van der Waals surface area contributed by atoms with Crippen molar-refractivity contribution in [3.05, 3.63) is 206 Å². The molecule has 0 aliphatic rings. The number of nitrogens with zero attached hydrogens (tertiary/aromatic N) is 2. The molecule has 56 heavy (non-hydrogen) atoms. The zero-order chi connectivity index (χ0) is 36.7. The Morgan fingerprint density at radius 1 is 0.196 bits per heavy atom. The van der Waals surface area contributed by atoms with Crippen LogP contribution in [0.1, 0.15) is 0 Å². The summed E-state index contributed by atoms with van der Waals surface area (Å²) < 4.78 is 4.82. The van der Waals surface area contributed by atoms with Crippen LogP contribution in [0.5, 0.6) is 0 Å². The maximum atomic E-state index is 2.44. The normalized spacial score (nSPS) is 11.9. The fourth-order valence-electron chi connectivity index (χ4n) is 9.33. The van der Waals surface area contributed by atoms with E-state index in [4.69, 9.17) is 0 Å². The predicted octanol–water partition coefficient (Wildman–Crippen LogP) is 14.7. The van der Waals surface area contributed by atoms with E-state index in [1.807, 2.05) is 0 Å². The van der Waals surface area contributed by atoms with Gasteiger partial charge in [0.1, 0.15) is 0 Å². The van der Waals surface area contributed by atoms with Gasteiger partial charge in [-0.25, -0.2) is 0 Å². The second kappa shape index (κ2) is 12.0. The quantitative estimate of drug-likeness (QED) is 0.161. The Bertz CT molecular complexity index is 3480. The first-order valence-electron chi connectivity index (χ1n) is 19.3. The predicted molar refractivity (Wildman–Crippen MR) is 239 cm³/mol. The molecule has 0 aliphatic carbocycles. The molecule has 0 amide bonds. The molecule has 2 heteroatoms. The molecule has 0 fully saturated rings. The van der Waals surface area contributed by atoms with Crippen LogP contribution in [0.3, 0.4) is 0 Å². The van der Waals surface area contributed by atoms with Gasteiger partial charge in [-0.05, 0) is 109 Å². The molecule has 0 atom stereocenters. The summed E-state index contributed by atoms with van der Waals surface area (Å²) in [7, 11) is 0. The monoisotopic (exact) mass is 710 g/mol. The lowest BCUT2D eigenvalue weighted by Crippen LogP contribution is -1.94. The molecule has 2 nitrogen and oxygen atoms in total. The van der Waals surface area contributed by atoms with E-state index in [1.165, 1.54) is 110 Å². The maximum absolute atomic E-state index is 2.44. The Morgan fingerprint density at radius 2 is 0.607 bits per heavy atom. The number of rotatable bonds is 4. The van der Waals surface area contributed by atoms with E-state index in [0.29, 0.717) is 0 Å². The summed E-state index contributed by atoms with van der Waals surface area (Å²) in [6.07, 6.45) is 0. The number of hydrogen-bond donors (Lipinski definition) is 0.